The topological polar surface area (TPSA) is 76.4 Å². The number of nitro benzene ring substituents is 1. The van der Waals surface area contributed by atoms with Crippen LogP contribution in [0.25, 0.3) is 0 Å². The van der Waals surface area contributed by atoms with Crippen molar-refractivity contribution in [2.45, 2.75) is 6.92 Å². The minimum Gasteiger partial charge on any atom is -0.457 e. The van der Waals surface area contributed by atoms with Crippen molar-refractivity contribution in [1.82, 2.24) is 0 Å². The van der Waals surface area contributed by atoms with Gasteiger partial charge in [0.05, 0.1) is 16.7 Å². The van der Waals surface area contributed by atoms with Gasteiger partial charge >= 0.3 is 0 Å². The quantitative estimate of drug-likeness (QED) is 0.254. The number of nitrogens with one attached hydrogen (secondary N) is 2. The summed E-state index contributed by atoms with van der Waals surface area (Å²) in [5.74, 6) is 0.779. The molecule has 2 N–H and O–H groups in total. The molecule has 0 spiro atoms. The summed E-state index contributed by atoms with van der Waals surface area (Å²) in [4.78, 5) is 10.8. The Kier molecular flexibility index (Phi) is 6.53. The Morgan fingerprint density at radius 2 is 1.66 bits per heavy atom. The third-order valence-electron chi connectivity index (χ3n) is 3.84. The summed E-state index contributed by atoms with van der Waals surface area (Å²) in [6.07, 6.45) is 0. The molecule has 0 saturated carbocycles. The second-order valence-electron chi connectivity index (χ2n) is 6.07. The van der Waals surface area contributed by atoms with Crippen LogP contribution >= 0.6 is 35.4 Å². The Morgan fingerprint density at radius 1 is 0.966 bits per heavy atom. The van der Waals surface area contributed by atoms with Crippen molar-refractivity contribution in [1.29, 1.82) is 0 Å². The molecule has 0 amide bonds. The van der Waals surface area contributed by atoms with E-state index in [4.69, 9.17) is 40.2 Å². The molecule has 0 aliphatic rings. The molecule has 0 heterocycles. The van der Waals surface area contributed by atoms with E-state index in [9.17, 15) is 10.1 Å². The van der Waals surface area contributed by atoms with E-state index in [0.717, 1.165) is 5.56 Å². The van der Waals surface area contributed by atoms with Gasteiger partial charge in [-0.25, -0.2) is 0 Å². The first kappa shape index (κ1) is 20.9. The third kappa shape index (κ3) is 5.80. The Hall–Kier alpha value is -2.87. The number of ether oxygens (including phenoxy) is 1. The number of hydrogen-bond donors (Lipinski definition) is 2. The smallest absolute Gasteiger partial charge is 0.275 e. The molecular formula is C20H15Cl2N3O3S. The Balaban J connectivity index is 1.79. The van der Waals surface area contributed by atoms with Crippen LogP contribution in [0.15, 0.2) is 60.7 Å². The van der Waals surface area contributed by atoms with Crippen molar-refractivity contribution in [2.75, 3.05) is 10.6 Å². The fourth-order valence-corrected chi connectivity index (χ4v) is 2.96. The highest BCUT2D eigenvalue weighted by molar-refractivity contribution is 7.80. The van der Waals surface area contributed by atoms with Crippen LogP contribution in [0.5, 0.6) is 11.5 Å². The second kappa shape index (κ2) is 9.09. The van der Waals surface area contributed by atoms with Crippen LogP contribution in [0.3, 0.4) is 0 Å². The van der Waals surface area contributed by atoms with Gasteiger partial charge in [-0.05, 0) is 61.1 Å². The van der Waals surface area contributed by atoms with Gasteiger partial charge in [0.1, 0.15) is 11.5 Å². The number of aryl methyl sites for hydroxylation is 1. The maximum Gasteiger partial charge on any atom is 0.275 e. The molecule has 9 heteroatoms. The summed E-state index contributed by atoms with van der Waals surface area (Å²) in [6, 6.07) is 16.4. The fourth-order valence-electron chi connectivity index (χ4n) is 2.42. The molecule has 0 aliphatic heterocycles. The molecule has 0 aromatic heterocycles. The monoisotopic (exact) mass is 447 g/mol. The predicted octanol–water partition coefficient (Wildman–Crippen LogP) is 6.81. The molecule has 0 radical (unpaired) electrons. The maximum atomic E-state index is 11.3. The number of nitro groups is 1. The number of halogens is 2. The molecule has 0 fully saturated rings. The van der Waals surface area contributed by atoms with Crippen molar-refractivity contribution < 1.29 is 9.66 Å². The fraction of sp³-hybridized carbons (Fsp3) is 0.0500. The number of benzene rings is 3. The molecule has 29 heavy (non-hydrogen) atoms. The lowest BCUT2D eigenvalue weighted by Crippen LogP contribution is -2.19. The van der Waals surface area contributed by atoms with E-state index in [1.165, 1.54) is 12.1 Å². The number of non-ortho nitro benzene ring substituents is 1. The minimum absolute atomic E-state index is 0.139. The normalized spacial score (nSPS) is 10.3. The molecule has 148 valence electrons. The zero-order chi connectivity index (χ0) is 21.0. The van der Waals surface area contributed by atoms with Gasteiger partial charge in [0.15, 0.2) is 5.11 Å². The summed E-state index contributed by atoms with van der Waals surface area (Å²) in [6.45, 7) is 1.90. The minimum atomic E-state index is -0.504. The molecule has 3 aromatic rings. The zero-order valence-electron chi connectivity index (χ0n) is 15.1. The Bertz CT molecular complexity index is 1080. The van der Waals surface area contributed by atoms with E-state index < -0.39 is 4.92 Å². The van der Waals surface area contributed by atoms with Crippen LogP contribution in [0.1, 0.15) is 5.56 Å². The molecule has 0 atom stereocenters. The van der Waals surface area contributed by atoms with Gasteiger partial charge in [-0.2, -0.15) is 0 Å². The van der Waals surface area contributed by atoms with Gasteiger partial charge in [0, 0.05) is 27.9 Å². The number of rotatable bonds is 5. The molecule has 0 bridgehead atoms. The molecule has 3 aromatic carbocycles. The number of thiocarbonyl (C=S) groups is 1. The first-order valence-electron chi connectivity index (χ1n) is 8.37. The van der Waals surface area contributed by atoms with Crippen LogP contribution in [-0.2, 0) is 0 Å². The van der Waals surface area contributed by atoms with Crippen molar-refractivity contribution in [3.63, 3.8) is 0 Å². The summed E-state index contributed by atoms with van der Waals surface area (Å²) >= 11 is 17.3. The van der Waals surface area contributed by atoms with Crippen LogP contribution in [0.2, 0.25) is 10.0 Å². The van der Waals surface area contributed by atoms with E-state index in [1.807, 2.05) is 19.1 Å². The van der Waals surface area contributed by atoms with Crippen molar-refractivity contribution in [3.05, 3.63) is 86.4 Å². The highest BCUT2D eigenvalue weighted by atomic mass is 35.5. The summed E-state index contributed by atoms with van der Waals surface area (Å²) in [5, 5.41) is 18.6. The maximum absolute atomic E-state index is 11.3. The average molecular weight is 448 g/mol. The largest absolute Gasteiger partial charge is 0.457 e. The van der Waals surface area contributed by atoms with Gasteiger partial charge in [0.2, 0.25) is 0 Å². The lowest BCUT2D eigenvalue weighted by molar-refractivity contribution is -0.384. The van der Waals surface area contributed by atoms with Gasteiger partial charge in [-0.3, -0.25) is 10.1 Å². The van der Waals surface area contributed by atoms with Crippen molar-refractivity contribution in [3.8, 4) is 11.5 Å². The van der Waals surface area contributed by atoms with Crippen LogP contribution in [-0.4, -0.2) is 10.0 Å². The summed E-state index contributed by atoms with van der Waals surface area (Å²) in [5.41, 5.74) is 1.90. The number of anilines is 2. The van der Waals surface area contributed by atoms with Gasteiger partial charge in [0.25, 0.3) is 5.69 Å². The molecular weight excluding hydrogens is 433 g/mol. The summed E-state index contributed by atoms with van der Waals surface area (Å²) < 4.78 is 5.71. The first-order valence-corrected chi connectivity index (χ1v) is 9.53. The zero-order valence-corrected chi connectivity index (χ0v) is 17.4. The molecule has 6 nitrogen and oxygen atoms in total. The third-order valence-corrected chi connectivity index (χ3v) is 4.70. The number of hydrogen-bond acceptors (Lipinski definition) is 4. The van der Waals surface area contributed by atoms with Crippen molar-refractivity contribution >= 4 is 57.6 Å². The lowest BCUT2D eigenvalue weighted by Gasteiger charge is -2.13. The van der Waals surface area contributed by atoms with Crippen molar-refractivity contribution in [2.24, 2.45) is 0 Å². The van der Waals surface area contributed by atoms with Gasteiger partial charge < -0.3 is 15.4 Å². The average Bonchev–Trinajstić information content (AvgIpc) is 2.66. The van der Waals surface area contributed by atoms with Gasteiger partial charge in [-0.1, -0.05) is 29.3 Å². The summed E-state index contributed by atoms with van der Waals surface area (Å²) in [7, 11) is 0. The lowest BCUT2D eigenvalue weighted by atomic mass is 10.2. The highest BCUT2D eigenvalue weighted by Crippen LogP contribution is 2.30. The first-order chi connectivity index (χ1) is 13.8. The molecule has 0 unspecified atom stereocenters. The standard InChI is InChI=1S/C20H15Cl2N3O3S/c1-12-2-5-14(10-19(12)22)23-20(29)24-15-8-16(25(26)27)11-18(9-15)28-17-6-3-13(21)4-7-17/h2-11H,1H3,(H2,23,24,29). The molecule has 0 saturated heterocycles. The highest BCUT2D eigenvalue weighted by Gasteiger charge is 2.12. The van der Waals surface area contributed by atoms with E-state index in [2.05, 4.69) is 10.6 Å². The Morgan fingerprint density at radius 3 is 2.31 bits per heavy atom. The van der Waals surface area contributed by atoms with Crippen LogP contribution < -0.4 is 15.4 Å². The molecule has 3 rings (SSSR count). The van der Waals surface area contributed by atoms with Crippen LogP contribution in [0, 0.1) is 17.0 Å². The predicted molar refractivity (Wildman–Crippen MR) is 121 cm³/mol. The van der Waals surface area contributed by atoms with Gasteiger partial charge in [-0.15, -0.1) is 0 Å². The van der Waals surface area contributed by atoms with Crippen LogP contribution in [0.4, 0.5) is 17.1 Å². The van der Waals surface area contributed by atoms with E-state index in [-0.39, 0.29) is 16.5 Å². The van der Waals surface area contributed by atoms with E-state index in [1.54, 1.807) is 36.4 Å². The number of nitrogens with zero attached hydrogens (tertiary/aromatic N) is 1. The molecule has 0 aliphatic carbocycles. The Labute approximate surface area is 182 Å². The van der Waals surface area contributed by atoms with E-state index >= 15 is 0 Å². The SMILES string of the molecule is Cc1ccc(NC(=S)Nc2cc(Oc3ccc(Cl)cc3)cc([N+](=O)[O-])c2)cc1Cl. The van der Waals surface area contributed by atoms with E-state index in [0.29, 0.717) is 27.2 Å². The second-order valence-corrected chi connectivity index (χ2v) is 7.32.